The molecule has 0 fully saturated rings. The maximum absolute atomic E-state index is 6.75. The Hall–Kier alpha value is -0.331. The van der Waals surface area contributed by atoms with E-state index < -0.39 is 0 Å². The molecular weight excluding hydrogens is 157 g/mol. The van der Waals surface area contributed by atoms with Crippen molar-refractivity contribution in [1.82, 2.24) is 0 Å². The summed E-state index contributed by atoms with van der Waals surface area (Å²) in [4.78, 5) is 1.50. The number of rotatable bonds is 0. The number of hydrogen-bond acceptors (Lipinski definition) is 0. The van der Waals surface area contributed by atoms with Gasteiger partial charge in [-0.1, -0.05) is 0 Å². The first kappa shape index (κ1) is 122. The zero-order valence-corrected chi connectivity index (χ0v) is 5.05. The Morgan fingerprint density at radius 2 is 0.875 bits per heavy atom. The summed E-state index contributed by atoms with van der Waals surface area (Å²) in [6.07, 6.45) is 0. The Labute approximate surface area is 57.1 Å². The Morgan fingerprint density at radius 1 is 0.875 bits per heavy atom. The number of nitrogens with two attached hydrogens (primary N) is 2. The first-order valence-electron chi connectivity index (χ1n) is 0.400. The van der Waals surface area contributed by atoms with E-state index in [0.29, 0.717) is 0 Å². The zero-order valence-electron chi connectivity index (χ0n) is 3.87. The van der Waals surface area contributed by atoms with E-state index in [-0.39, 0.29) is 40.3 Å². The molecule has 0 radical (unpaired) electrons. The first-order chi connectivity index (χ1) is 1.41. The molecule has 0 aliphatic heterocycles. The summed E-state index contributed by atoms with van der Waals surface area (Å²) in [6, 6.07) is 0. The van der Waals surface area contributed by atoms with Crippen LogP contribution < -0.4 is 0 Å². The second-order valence-corrected chi connectivity index (χ2v) is 0.0894. The summed E-state index contributed by atoms with van der Waals surface area (Å²) < 4.78 is 0. The van der Waals surface area contributed by atoms with Gasteiger partial charge in [0.25, 0.3) is 0 Å². The molecule has 0 bridgehead atoms. The minimum atomic E-state index is 0. The fourth-order valence-electron chi connectivity index (χ4n) is 0. The van der Waals surface area contributed by atoms with E-state index in [2.05, 4.69) is 0 Å². The predicted molar refractivity (Wildman–Crippen MR) is 27.9 cm³/mol. The molecular formula is H8MnN5O2. The summed E-state index contributed by atoms with van der Waals surface area (Å²) >= 11 is 0. The van der Waals surface area contributed by atoms with Crippen LogP contribution >= 0.6 is 0 Å². The van der Waals surface area contributed by atoms with Crippen molar-refractivity contribution in [3.63, 3.8) is 0 Å². The minimum Gasteiger partial charge on any atom is -0.693 e. The second-order valence-electron chi connectivity index (χ2n) is 0.0894. The smallest absolute Gasteiger partial charge is 0.693 e. The van der Waals surface area contributed by atoms with Gasteiger partial charge in [0.1, 0.15) is 0 Å². The SMILES string of the molecule is O.O.[Mn+3].[N-]=[N+]=[N-].[NH2-].[NH2-]. The van der Waals surface area contributed by atoms with Crippen LogP contribution in [0.25, 0.3) is 28.3 Å². The molecule has 0 amide bonds. The summed E-state index contributed by atoms with van der Waals surface area (Å²) in [5.74, 6) is 0. The van der Waals surface area contributed by atoms with Crippen LogP contribution in [0.2, 0.25) is 0 Å². The summed E-state index contributed by atoms with van der Waals surface area (Å²) in [7, 11) is 0. The van der Waals surface area contributed by atoms with Crippen LogP contribution in [0.5, 0.6) is 0 Å². The average molecular weight is 165 g/mol. The Kier molecular flexibility index (Phi) is 7320. The molecule has 0 aromatic heterocycles. The molecule has 8 heteroatoms. The zero-order chi connectivity index (χ0) is 2.71. The van der Waals surface area contributed by atoms with Gasteiger partial charge in [-0.2, -0.15) is 0 Å². The molecule has 0 spiro atoms. The minimum absolute atomic E-state index is 0. The standard InChI is InChI=1S/Mn.N3.2H2N.2H2O/c;1-3-2;;;;/h;;4*1H2/q+3;3*-1;;. The summed E-state index contributed by atoms with van der Waals surface area (Å²) in [6.45, 7) is 0. The Balaban J connectivity index is -0.00000000200. The third-order valence-corrected chi connectivity index (χ3v) is 0. The normalized spacial score (nSPS) is 1.00. The molecule has 0 rings (SSSR count). The van der Waals surface area contributed by atoms with Crippen LogP contribution in [0.3, 0.4) is 0 Å². The van der Waals surface area contributed by atoms with Gasteiger partial charge in [0, 0.05) is 0 Å². The van der Waals surface area contributed by atoms with Gasteiger partial charge in [-0.3, -0.25) is 4.91 Å². The maximum Gasteiger partial charge on any atom is 3.00 e. The van der Waals surface area contributed by atoms with E-state index >= 15 is 0 Å². The third kappa shape index (κ3) is 1130. The van der Waals surface area contributed by atoms with Crippen molar-refractivity contribution in [3.05, 3.63) is 28.3 Å². The van der Waals surface area contributed by atoms with Crippen LogP contribution in [-0.4, -0.2) is 11.0 Å². The predicted octanol–water partition coefficient (Wildman–Crippen LogP) is 0.648. The van der Waals surface area contributed by atoms with Crippen molar-refractivity contribution < 1.29 is 28.0 Å². The van der Waals surface area contributed by atoms with E-state index in [1.54, 1.807) is 0 Å². The molecule has 0 saturated carbocycles. The molecule has 0 aromatic rings. The van der Waals surface area contributed by atoms with Crippen molar-refractivity contribution in [2.75, 3.05) is 0 Å². The molecule has 0 unspecified atom stereocenters. The summed E-state index contributed by atoms with van der Waals surface area (Å²) in [5, 5.41) is 0. The first-order valence-corrected chi connectivity index (χ1v) is 0.400. The molecule has 0 saturated heterocycles. The van der Waals surface area contributed by atoms with E-state index in [0.717, 1.165) is 0 Å². The van der Waals surface area contributed by atoms with E-state index in [9.17, 15) is 0 Å². The molecule has 7 nitrogen and oxygen atoms in total. The average Bonchev–Trinajstić information content (AvgIpc) is 0.918. The molecule has 52 valence electrons. The van der Waals surface area contributed by atoms with Crippen LogP contribution in [0.1, 0.15) is 0 Å². The third-order valence-electron chi connectivity index (χ3n) is 0. The molecule has 0 atom stereocenters. The topological polar surface area (TPSA) is 189 Å². The van der Waals surface area contributed by atoms with Gasteiger partial charge < -0.3 is 34.3 Å². The molecule has 0 aliphatic carbocycles. The van der Waals surface area contributed by atoms with Crippen LogP contribution in [0, 0.1) is 0 Å². The molecule has 0 aromatic carbocycles. The van der Waals surface area contributed by atoms with Crippen molar-refractivity contribution in [2.24, 2.45) is 0 Å². The Morgan fingerprint density at radius 3 is 0.875 bits per heavy atom. The second kappa shape index (κ2) is 478. The van der Waals surface area contributed by atoms with Crippen molar-refractivity contribution in [2.45, 2.75) is 0 Å². The van der Waals surface area contributed by atoms with Gasteiger partial charge in [0.15, 0.2) is 0 Å². The molecule has 8 heavy (non-hydrogen) atoms. The van der Waals surface area contributed by atoms with Crippen molar-refractivity contribution >= 4 is 0 Å². The summed E-state index contributed by atoms with van der Waals surface area (Å²) in [5.41, 5.74) is 13.5. The fourth-order valence-corrected chi connectivity index (χ4v) is 0. The van der Waals surface area contributed by atoms with Crippen LogP contribution in [0.4, 0.5) is 0 Å². The molecule has 0 aliphatic rings. The van der Waals surface area contributed by atoms with Gasteiger partial charge in [0.05, 0.1) is 0 Å². The maximum atomic E-state index is 6.75. The van der Waals surface area contributed by atoms with Gasteiger partial charge in [0.2, 0.25) is 0 Å². The van der Waals surface area contributed by atoms with Gasteiger partial charge >= 0.3 is 17.1 Å². The quantitative estimate of drug-likeness (QED) is 0.211. The van der Waals surface area contributed by atoms with Crippen molar-refractivity contribution in [3.8, 4) is 0 Å². The number of hydrogen-bond donors (Lipinski definition) is 0. The van der Waals surface area contributed by atoms with Gasteiger partial charge in [-0.15, -0.1) is 0 Å². The van der Waals surface area contributed by atoms with Crippen LogP contribution in [0.15, 0.2) is 0 Å². The van der Waals surface area contributed by atoms with E-state index in [1.807, 2.05) is 0 Å². The largest absolute Gasteiger partial charge is 3.00 e. The van der Waals surface area contributed by atoms with Gasteiger partial charge in [-0.25, -0.2) is 0 Å². The number of nitrogens with zero attached hydrogens (tertiary/aromatic N) is 3. The fraction of sp³-hybridized carbons (Fsp3) is 0. The van der Waals surface area contributed by atoms with E-state index in [4.69, 9.17) is 11.1 Å². The van der Waals surface area contributed by atoms with Gasteiger partial charge in [-0.05, 0) is 0 Å². The monoisotopic (exact) mass is 165 g/mol. The van der Waals surface area contributed by atoms with E-state index in [1.165, 1.54) is 4.91 Å². The molecule has 0 heterocycles. The molecule has 8 N–H and O–H groups in total. The van der Waals surface area contributed by atoms with Crippen LogP contribution in [-0.2, 0) is 17.1 Å². The Bertz CT molecular complexity index is 31.4. The van der Waals surface area contributed by atoms with Crippen molar-refractivity contribution in [1.29, 1.82) is 0 Å².